The highest BCUT2D eigenvalue weighted by molar-refractivity contribution is 7.89. The third-order valence-corrected chi connectivity index (χ3v) is 5.63. The standard InChI is InChI=1S/C20H24F2N2O4S/c1-13(2)18(24-29(26,27)17-10-4-14(3)5-11-17)19(25)23-12-15-6-8-16(9-7-15)28-20(21)22/h4-11,13,18,20,24H,12H2,1-3H3,(H,23,25)/t18-/m0/s1. The average molecular weight is 426 g/mol. The third-order valence-electron chi connectivity index (χ3n) is 4.18. The minimum Gasteiger partial charge on any atom is -0.435 e. The van der Waals surface area contributed by atoms with E-state index in [1.807, 2.05) is 6.92 Å². The maximum atomic E-state index is 12.6. The molecule has 6 nitrogen and oxygen atoms in total. The highest BCUT2D eigenvalue weighted by Crippen LogP contribution is 2.16. The van der Waals surface area contributed by atoms with E-state index < -0.39 is 28.6 Å². The van der Waals surface area contributed by atoms with Crippen LogP contribution in [-0.2, 0) is 21.4 Å². The topological polar surface area (TPSA) is 84.5 Å². The van der Waals surface area contributed by atoms with E-state index in [0.29, 0.717) is 5.56 Å². The Bertz CT molecular complexity index is 915. The van der Waals surface area contributed by atoms with E-state index >= 15 is 0 Å². The maximum absolute atomic E-state index is 12.6. The van der Waals surface area contributed by atoms with Crippen LogP contribution in [0.4, 0.5) is 8.78 Å². The van der Waals surface area contributed by atoms with Gasteiger partial charge in [0.2, 0.25) is 15.9 Å². The molecule has 0 fully saturated rings. The molecule has 2 aromatic carbocycles. The summed E-state index contributed by atoms with van der Waals surface area (Å²) in [6.07, 6.45) is 0. The minimum absolute atomic E-state index is 0.0148. The van der Waals surface area contributed by atoms with Crippen molar-refractivity contribution < 1.29 is 26.7 Å². The number of sulfonamides is 1. The number of aryl methyl sites for hydroxylation is 1. The molecule has 0 bridgehead atoms. The lowest BCUT2D eigenvalue weighted by molar-refractivity contribution is -0.123. The SMILES string of the molecule is Cc1ccc(S(=O)(=O)N[C@H](C(=O)NCc2ccc(OC(F)F)cc2)C(C)C)cc1. The molecule has 0 aromatic heterocycles. The Morgan fingerprint density at radius 1 is 1.03 bits per heavy atom. The molecular weight excluding hydrogens is 402 g/mol. The summed E-state index contributed by atoms with van der Waals surface area (Å²) in [6.45, 7) is 2.52. The van der Waals surface area contributed by atoms with E-state index in [1.54, 1.807) is 38.1 Å². The van der Waals surface area contributed by atoms with Crippen LogP contribution >= 0.6 is 0 Å². The van der Waals surface area contributed by atoms with Gasteiger partial charge in [-0.3, -0.25) is 4.79 Å². The number of ether oxygens (including phenoxy) is 1. The zero-order chi connectivity index (χ0) is 21.6. The van der Waals surface area contributed by atoms with Gasteiger partial charge in [0.25, 0.3) is 0 Å². The molecule has 1 amide bonds. The largest absolute Gasteiger partial charge is 0.435 e. The highest BCUT2D eigenvalue weighted by Gasteiger charge is 2.28. The fraction of sp³-hybridized carbons (Fsp3) is 0.350. The Morgan fingerprint density at radius 3 is 2.14 bits per heavy atom. The van der Waals surface area contributed by atoms with Crippen molar-refractivity contribution in [3.8, 4) is 5.75 Å². The molecule has 0 aliphatic carbocycles. The molecule has 2 rings (SSSR count). The van der Waals surface area contributed by atoms with Crippen LogP contribution < -0.4 is 14.8 Å². The summed E-state index contributed by atoms with van der Waals surface area (Å²) in [5.74, 6) is -0.762. The molecule has 0 saturated carbocycles. The molecule has 1 atom stereocenters. The quantitative estimate of drug-likeness (QED) is 0.645. The van der Waals surface area contributed by atoms with Gasteiger partial charge >= 0.3 is 6.61 Å². The second-order valence-electron chi connectivity index (χ2n) is 6.90. The van der Waals surface area contributed by atoms with Crippen molar-refractivity contribution in [1.82, 2.24) is 10.0 Å². The summed E-state index contributed by atoms with van der Waals surface area (Å²) < 4.78 is 56.3. The van der Waals surface area contributed by atoms with Crippen molar-refractivity contribution >= 4 is 15.9 Å². The summed E-state index contributed by atoms with van der Waals surface area (Å²) in [4.78, 5) is 12.7. The Labute approximate surface area is 169 Å². The molecule has 2 aromatic rings. The van der Waals surface area contributed by atoms with Gasteiger partial charge in [0.05, 0.1) is 4.90 Å². The van der Waals surface area contributed by atoms with Crippen LogP contribution in [0.5, 0.6) is 5.75 Å². The van der Waals surface area contributed by atoms with E-state index in [4.69, 9.17) is 0 Å². The number of nitrogens with one attached hydrogen (secondary N) is 2. The second-order valence-corrected chi connectivity index (χ2v) is 8.61. The Morgan fingerprint density at radius 2 is 1.62 bits per heavy atom. The molecule has 0 spiro atoms. The van der Waals surface area contributed by atoms with Crippen LogP contribution in [0.15, 0.2) is 53.4 Å². The van der Waals surface area contributed by atoms with Crippen LogP contribution in [0.2, 0.25) is 0 Å². The lowest BCUT2D eigenvalue weighted by Gasteiger charge is -2.22. The molecule has 0 radical (unpaired) electrons. The normalized spacial score (nSPS) is 12.8. The van der Waals surface area contributed by atoms with Gasteiger partial charge in [-0.25, -0.2) is 8.42 Å². The van der Waals surface area contributed by atoms with Crippen LogP contribution in [0.1, 0.15) is 25.0 Å². The summed E-state index contributed by atoms with van der Waals surface area (Å²) in [7, 11) is -3.86. The van der Waals surface area contributed by atoms with Gasteiger partial charge in [-0.1, -0.05) is 43.7 Å². The molecule has 2 N–H and O–H groups in total. The van der Waals surface area contributed by atoms with Crippen LogP contribution in [0, 0.1) is 12.8 Å². The number of hydrogen-bond acceptors (Lipinski definition) is 4. The molecule has 0 aliphatic heterocycles. The van der Waals surface area contributed by atoms with E-state index in [2.05, 4.69) is 14.8 Å². The van der Waals surface area contributed by atoms with Gasteiger partial charge in [0.1, 0.15) is 11.8 Å². The van der Waals surface area contributed by atoms with E-state index in [-0.39, 0.29) is 23.1 Å². The molecule has 29 heavy (non-hydrogen) atoms. The Hall–Kier alpha value is -2.52. The average Bonchev–Trinajstić information content (AvgIpc) is 2.65. The number of halogens is 2. The van der Waals surface area contributed by atoms with Crippen molar-refractivity contribution in [2.24, 2.45) is 5.92 Å². The van der Waals surface area contributed by atoms with Crippen LogP contribution in [-0.4, -0.2) is 27.0 Å². The second kappa shape index (κ2) is 9.80. The maximum Gasteiger partial charge on any atom is 0.387 e. The molecular formula is C20H24F2N2O4S. The predicted octanol–water partition coefficient (Wildman–Crippen LogP) is 3.22. The number of benzene rings is 2. The number of carbonyl (C=O) groups excluding carboxylic acids is 1. The summed E-state index contributed by atoms with van der Waals surface area (Å²) in [5.41, 5.74) is 1.58. The van der Waals surface area contributed by atoms with Gasteiger partial charge in [-0.05, 0) is 42.7 Å². The Balaban J connectivity index is 2.03. The fourth-order valence-corrected chi connectivity index (χ4v) is 3.88. The molecule has 0 unspecified atom stereocenters. The molecule has 0 saturated heterocycles. The summed E-state index contributed by atoms with van der Waals surface area (Å²) in [6, 6.07) is 11.2. The van der Waals surface area contributed by atoms with Crippen molar-refractivity contribution in [1.29, 1.82) is 0 Å². The molecule has 9 heteroatoms. The van der Waals surface area contributed by atoms with E-state index in [1.165, 1.54) is 24.3 Å². The first kappa shape index (κ1) is 22.8. The zero-order valence-electron chi connectivity index (χ0n) is 16.4. The first-order chi connectivity index (χ1) is 13.6. The van der Waals surface area contributed by atoms with Gasteiger partial charge in [-0.2, -0.15) is 13.5 Å². The number of carbonyl (C=O) groups is 1. The fourth-order valence-electron chi connectivity index (χ4n) is 2.53. The molecule has 0 heterocycles. The first-order valence-corrected chi connectivity index (χ1v) is 10.5. The van der Waals surface area contributed by atoms with E-state index in [9.17, 15) is 22.0 Å². The van der Waals surface area contributed by atoms with Gasteiger partial charge in [-0.15, -0.1) is 0 Å². The highest BCUT2D eigenvalue weighted by atomic mass is 32.2. The predicted molar refractivity (Wildman–Crippen MR) is 105 cm³/mol. The van der Waals surface area contributed by atoms with Gasteiger partial charge < -0.3 is 10.1 Å². The van der Waals surface area contributed by atoms with Crippen LogP contribution in [0.3, 0.4) is 0 Å². The number of amides is 1. The van der Waals surface area contributed by atoms with Gasteiger partial charge in [0, 0.05) is 6.54 Å². The monoisotopic (exact) mass is 426 g/mol. The smallest absolute Gasteiger partial charge is 0.387 e. The number of hydrogen-bond donors (Lipinski definition) is 2. The molecule has 158 valence electrons. The van der Waals surface area contributed by atoms with Crippen molar-refractivity contribution in [3.63, 3.8) is 0 Å². The van der Waals surface area contributed by atoms with Crippen molar-refractivity contribution in [2.75, 3.05) is 0 Å². The number of alkyl halides is 2. The van der Waals surface area contributed by atoms with E-state index in [0.717, 1.165) is 5.56 Å². The summed E-state index contributed by atoms with van der Waals surface area (Å²) in [5, 5.41) is 2.67. The number of rotatable bonds is 9. The zero-order valence-corrected chi connectivity index (χ0v) is 17.2. The van der Waals surface area contributed by atoms with Gasteiger partial charge in [0.15, 0.2) is 0 Å². The van der Waals surface area contributed by atoms with Crippen LogP contribution in [0.25, 0.3) is 0 Å². The van der Waals surface area contributed by atoms with Crippen molar-refractivity contribution in [2.45, 2.75) is 44.9 Å². The summed E-state index contributed by atoms with van der Waals surface area (Å²) >= 11 is 0. The third kappa shape index (κ3) is 6.79. The lowest BCUT2D eigenvalue weighted by atomic mass is 10.0. The minimum atomic E-state index is -3.86. The lowest BCUT2D eigenvalue weighted by Crippen LogP contribution is -2.49. The van der Waals surface area contributed by atoms with Crippen molar-refractivity contribution in [3.05, 3.63) is 59.7 Å². The first-order valence-electron chi connectivity index (χ1n) is 8.99. The molecule has 0 aliphatic rings. The Kier molecular flexibility index (Phi) is 7.69.